The molecule has 5 nitrogen and oxygen atoms in total. The average molecular weight is 224 g/mol. The Hall–Kier alpha value is -1.27. The lowest BCUT2D eigenvalue weighted by Gasteiger charge is -1.86. The predicted octanol–water partition coefficient (Wildman–Crippen LogP) is 1.52. The van der Waals surface area contributed by atoms with Gasteiger partial charge >= 0.3 is 0 Å². The lowest BCUT2D eigenvalue weighted by atomic mass is 10.4. The van der Waals surface area contributed by atoms with Crippen molar-refractivity contribution < 1.29 is 4.52 Å². The maximum atomic E-state index is 5.52. The molecular formula is C9H12N4OS. The first-order valence-electron chi connectivity index (χ1n) is 4.74. The second-order valence-electron chi connectivity index (χ2n) is 3.10. The van der Waals surface area contributed by atoms with Crippen LogP contribution in [-0.2, 0) is 13.0 Å². The van der Waals surface area contributed by atoms with Crippen LogP contribution in [0, 0.1) is 6.92 Å². The molecule has 0 atom stereocenters. The molecule has 0 saturated carbocycles. The molecule has 2 aromatic rings. The van der Waals surface area contributed by atoms with Gasteiger partial charge in [-0.2, -0.15) is 4.98 Å². The monoisotopic (exact) mass is 224 g/mol. The fourth-order valence-corrected chi connectivity index (χ4v) is 2.09. The zero-order valence-electron chi connectivity index (χ0n) is 8.65. The number of aryl methyl sites for hydroxylation is 2. The van der Waals surface area contributed by atoms with Gasteiger partial charge in [0.15, 0.2) is 5.82 Å². The van der Waals surface area contributed by atoms with Crippen LogP contribution in [-0.4, -0.2) is 15.1 Å². The molecule has 0 bridgehead atoms. The van der Waals surface area contributed by atoms with E-state index >= 15 is 0 Å². The van der Waals surface area contributed by atoms with Crippen LogP contribution < -0.4 is 5.73 Å². The summed E-state index contributed by atoms with van der Waals surface area (Å²) in [5, 5.41) is 4.74. The first-order chi connectivity index (χ1) is 7.24. The van der Waals surface area contributed by atoms with Crippen LogP contribution in [0.4, 0.5) is 0 Å². The van der Waals surface area contributed by atoms with Gasteiger partial charge in [0.25, 0.3) is 5.89 Å². The molecule has 2 rings (SSSR count). The standard InChI is InChI=1S/C9H12N4OS/c1-3-6-12-9(14-13-6)8-5(2)11-7(4-10)15-8/h3-4,10H2,1-2H3. The van der Waals surface area contributed by atoms with Crippen LogP contribution in [0.25, 0.3) is 10.8 Å². The summed E-state index contributed by atoms with van der Waals surface area (Å²) in [6, 6.07) is 0. The summed E-state index contributed by atoms with van der Waals surface area (Å²) in [6.45, 7) is 4.35. The van der Waals surface area contributed by atoms with Crippen LogP contribution in [0.2, 0.25) is 0 Å². The number of rotatable bonds is 3. The van der Waals surface area contributed by atoms with E-state index < -0.39 is 0 Å². The van der Waals surface area contributed by atoms with Gasteiger partial charge in [-0.15, -0.1) is 11.3 Å². The molecule has 0 aliphatic carbocycles. The van der Waals surface area contributed by atoms with E-state index in [0.717, 1.165) is 22.0 Å². The number of nitrogens with zero attached hydrogens (tertiary/aromatic N) is 3. The molecule has 6 heteroatoms. The van der Waals surface area contributed by atoms with E-state index in [1.165, 1.54) is 11.3 Å². The van der Waals surface area contributed by atoms with Crippen LogP contribution in [0.5, 0.6) is 0 Å². The first kappa shape index (κ1) is 10.3. The van der Waals surface area contributed by atoms with Crippen molar-refractivity contribution in [2.75, 3.05) is 0 Å². The van der Waals surface area contributed by atoms with Gasteiger partial charge < -0.3 is 10.3 Å². The van der Waals surface area contributed by atoms with Gasteiger partial charge in [0.1, 0.15) is 9.88 Å². The summed E-state index contributed by atoms with van der Waals surface area (Å²) < 4.78 is 5.15. The van der Waals surface area contributed by atoms with Crippen LogP contribution in [0.1, 0.15) is 23.4 Å². The van der Waals surface area contributed by atoms with Crippen LogP contribution in [0.3, 0.4) is 0 Å². The van der Waals surface area contributed by atoms with Gasteiger partial charge in [0, 0.05) is 13.0 Å². The van der Waals surface area contributed by atoms with E-state index in [0.29, 0.717) is 18.3 Å². The van der Waals surface area contributed by atoms with Gasteiger partial charge in [-0.1, -0.05) is 12.1 Å². The van der Waals surface area contributed by atoms with Gasteiger partial charge in [0.05, 0.1) is 5.69 Å². The molecule has 2 heterocycles. The maximum Gasteiger partial charge on any atom is 0.269 e. The number of hydrogen-bond donors (Lipinski definition) is 1. The molecule has 80 valence electrons. The molecule has 0 spiro atoms. The van der Waals surface area contributed by atoms with Crippen molar-refractivity contribution in [3.05, 3.63) is 16.5 Å². The highest BCUT2D eigenvalue weighted by Gasteiger charge is 2.14. The summed E-state index contributed by atoms with van der Waals surface area (Å²) in [6.07, 6.45) is 0.769. The molecule has 15 heavy (non-hydrogen) atoms. The maximum absolute atomic E-state index is 5.52. The van der Waals surface area contributed by atoms with Crippen molar-refractivity contribution in [1.29, 1.82) is 0 Å². The lowest BCUT2D eigenvalue weighted by molar-refractivity contribution is 0.424. The topological polar surface area (TPSA) is 77.8 Å². The third-order valence-electron chi connectivity index (χ3n) is 1.99. The summed E-state index contributed by atoms with van der Waals surface area (Å²) in [7, 11) is 0. The zero-order chi connectivity index (χ0) is 10.8. The fourth-order valence-electron chi connectivity index (χ4n) is 1.23. The van der Waals surface area contributed by atoms with Crippen molar-refractivity contribution in [3.8, 4) is 10.8 Å². The van der Waals surface area contributed by atoms with Crippen molar-refractivity contribution in [1.82, 2.24) is 15.1 Å². The van der Waals surface area contributed by atoms with Crippen molar-refractivity contribution >= 4 is 11.3 Å². The Bertz CT molecular complexity index is 462. The SMILES string of the molecule is CCc1noc(-c2sc(CN)nc2C)n1. The number of thiazole rings is 1. The molecular weight excluding hydrogens is 212 g/mol. The molecule has 0 aliphatic rings. The van der Waals surface area contributed by atoms with E-state index in [4.69, 9.17) is 10.3 Å². The minimum absolute atomic E-state index is 0.445. The number of nitrogens with two attached hydrogens (primary N) is 1. The summed E-state index contributed by atoms with van der Waals surface area (Å²) in [5.41, 5.74) is 6.42. The summed E-state index contributed by atoms with van der Waals surface area (Å²) in [4.78, 5) is 9.48. The van der Waals surface area contributed by atoms with E-state index in [2.05, 4.69) is 15.1 Å². The normalized spacial score (nSPS) is 10.9. The van der Waals surface area contributed by atoms with Gasteiger partial charge in [-0.3, -0.25) is 0 Å². The Labute approximate surface area is 91.3 Å². The van der Waals surface area contributed by atoms with Gasteiger partial charge in [-0.25, -0.2) is 4.98 Å². The highest BCUT2D eigenvalue weighted by atomic mass is 32.1. The van der Waals surface area contributed by atoms with Crippen LogP contribution >= 0.6 is 11.3 Å². The third kappa shape index (κ3) is 1.91. The van der Waals surface area contributed by atoms with Gasteiger partial charge in [-0.05, 0) is 6.92 Å². The number of hydrogen-bond acceptors (Lipinski definition) is 6. The number of aromatic nitrogens is 3. The smallest absolute Gasteiger partial charge is 0.269 e. The Morgan fingerprint density at radius 1 is 1.40 bits per heavy atom. The van der Waals surface area contributed by atoms with E-state index in [-0.39, 0.29) is 0 Å². The molecule has 0 fully saturated rings. The van der Waals surface area contributed by atoms with Crippen LogP contribution in [0.15, 0.2) is 4.52 Å². The second kappa shape index (κ2) is 4.08. The lowest BCUT2D eigenvalue weighted by Crippen LogP contribution is -1.94. The molecule has 0 amide bonds. The van der Waals surface area contributed by atoms with E-state index in [9.17, 15) is 0 Å². The molecule has 2 aromatic heterocycles. The van der Waals surface area contributed by atoms with Crippen molar-refractivity contribution in [2.24, 2.45) is 5.73 Å². The predicted molar refractivity (Wildman–Crippen MR) is 57.4 cm³/mol. The quantitative estimate of drug-likeness (QED) is 0.855. The molecule has 0 saturated heterocycles. The Balaban J connectivity index is 2.39. The molecule has 0 aliphatic heterocycles. The van der Waals surface area contributed by atoms with Crippen molar-refractivity contribution in [3.63, 3.8) is 0 Å². The highest BCUT2D eigenvalue weighted by molar-refractivity contribution is 7.15. The zero-order valence-corrected chi connectivity index (χ0v) is 9.47. The summed E-state index contributed by atoms with van der Waals surface area (Å²) in [5.74, 6) is 1.26. The minimum Gasteiger partial charge on any atom is -0.333 e. The molecule has 2 N–H and O–H groups in total. The third-order valence-corrected chi connectivity index (χ3v) is 3.16. The first-order valence-corrected chi connectivity index (χ1v) is 5.55. The largest absolute Gasteiger partial charge is 0.333 e. The Morgan fingerprint density at radius 3 is 2.73 bits per heavy atom. The molecule has 0 unspecified atom stereocenters. The highest BCUT2D eigenvalue weighted by Crippen LogP contribution is 2.28. The summed E-state index contributed by atoms with van der Waals surface area (Å²) >= 11 is 1.50. The van der Waals surface area contributed by atoms with Gasteiger partial charge in [0.2, 0.25) is 0 Å². The van der Waals surface area contributed by atoms with Crippen molar-refractivity contribution in [2.45, 2.75) is 26.8 Å². The van der Waals surface area contributed by atoms with E-state index in [1.807, 2.05) is 13.8 Å². The molecule has 0 aromatic carbocycles. The fraction of sp³-hybridized carbons (Fsp3) is 0.444. The Morgan fingerprint density at radius 2 is 2.20 bits per heavy atom. The average Bonchev–Trinajstić information content (AvgIpc) is 2.83. The molecule has 0 radical (unpaired) electrons. The minimum atomic E-state index is 0.445. The van der Waals surface area contributed by atoms with E-state index in [1.54, 1.807) is 0 Å². The Kier molecular flexibility index (Phi) is 2.79. The second-order valence-corrected chi connectivity index (χ2v) is 4.18.